The third-order valence-corrected chi connectivity index (χ3v) is 5.09. The Morgan fingerprint density at radius 1 is 1.04 bits per heavy atom. The van der Waals surface area contributed by atoms with E-state index in [4.69, 9.17) is 0 Å². The minimum absolute atomic E-state index is 0.112. The lowest BCUT2D eigenvalue weighted by Crippen LogP contribution is -2.11. The Morgan fingerprint density at radius 3 is 2.56 bits per heavy atom. The fraction of sp³-hybridized carbons (Fsp3) is 0.0952. The molecule has 0 fully saturated rings. The van der Waals surface area contributed by atoms with Crippen LogP contribution in [-0.4, -0.2) is 21.1 Å². The normalized spacial score (nSPS) is 10.9. The van der Waals surface area contributed by atoms with Gasteiger partial charge in [-0.05, 0) is 47.5 Å². The molecule has 0 aliphatic heterocycles. The maximum atomic E-state index is 12.5. The number of nitrogens with one attached hydrogen (secondary N) is 2. The van der Waals surface area contributed by atoms with E-state index in [9.17, 15) is 4.79 Å². The molecule has 4 aromatic rings. The molecule has 1 aromatic heterocycles. The molecule has 0 aliphatic rings. The van der Waals surface area contributed by atoms with E-state index in [1.165, 1.54) is 0 Å². The smallest absolute Gasteiger partial charge is 0.255 e. The van der Waals surface area contributed by atoms with Gasteiger partial charge < -0.3 is 5.32 Å². The minimum Gasteiger partial charge on any atom is -0.322 e. The predicted molar refractivity (Wildman–Crippen MR) is 109 cm³/mol. The van der Waals surface area contributed by atoms with Gasteiger partial charge in [0.25, 0.3) is 5.91 Å². The monoisotopic (exact) mass is 374 g/mol. The van der Waals surface area contributed by atoms with Crippen LogP contribution in [0.4, 0.5) is 5.69 Å². The van der Waals surface area contributed by atoms with Gasteiger partial charge in [-0.1, -0.05) is 54.2 Å². The molecule has 0 unspecified atom stereocenters. The average Bonchev–Trinajstić information content (AvgIpc) is 3.12. The largest absolute Gasteiger partial charge is 0.322 e. The number of carbonyl (C=O) groups is 1. The second-order valence-electron chi connectivity index (χ2n) is 6.21. The quantitative estimate of drug-likeness (QED) is 0.492. The van der Waals surface area contributed by atoms with Gasteiger partial charge in [0.15, 0.2) is 0 Å². The standard InChI is InChI=1S/C21H18N4OS/c1-14-22-21(25-24-14)27-13-15-6-10-19(11-7-15)23-20(26)18-9-8-16-4-2-3-5-17(16)12-18/h2-12H,13H2,1H3,(H,23,26)(H,22,24,25). The molecule has 4 rings (SSSR count). The lowest BCUT2D eigenvalue weighted by molar-refractivity contribution is 0.102. The number of benzene rings is 3. The minimum atomic E-state index is -0.112. The van der Waals surface area contributed by atoms with Crippen LogP contribution in [0.25, 0.3) is 10.8 Å². The van der Waals surface area contributed by atoms with Crippen molar-refractivity contribution in [1.82, 2.24) is 15.2 Å². The zero-order chi connectivity index (χ0) is 18.6. The molecule has 1 amide bonds. The molecule has 134 valence electrons. The number of aromatic nitrogens is 3. The Labute approximate surface area is 161 Å². The van der Waals surface area contributed by atoms with E-state index < -0.39 is 0 Å². The summed E-state index contributed by atoms with van der Waals surface area (Å²) in [6.07, 6.45) is 0. The molecule has 2 N–H and O–H groups in total. The number of H-pyrrole nitrogens is 1. The number of hydrogen-bond acceptors (Lipinski definition) is 4. The van der Waals surface area contributed by atoms with Gasteiger partial charge in [0.05, 0.1) is 0 Å². The van der Waals surface area contributed by atoms with Gasteiger partial charge >= 0.3 is 0 Å². The van der Waals surface area contributed by atoms with Crippen molar-refractivity contribution in [2.75, 3.05) is 5.32 Å². The molecule has 1 heterocycles. The van der Waals surface area contributed by atoms with Gasteiger partial charge in [-0.15, -0.1) is 5.10 Å². The van der Waals surface area contributed by atoms with E-state index in [2.05, 4.69) is 20.5 Å². The first kappa shape index (κ1) is 17.3. The molecular weight excluding hydrogens is 356 g/mol. The summed E-state index contributed by atoms with van der Waals surface area (Å²) in [7, 11) is 0. The fourth-order valence-corrected chi connectivity index (χ4v) is 3.55. The number of rotatable bonds is 5. The van der Waals surface area contributed by atoms with E-state index in [-0.39, 0.29) is 5.91 Å². The number of anilines is 1. The van der Waals surface area contributed by atoms with Crippen LogP contribution in [-0.2, 0) is 5.75 Å². The van der Waals surface area contributed by atoms with Gasteiger partial charge in [0.2, 0.25) is 5.16 Å². The van der Waals surface area contributed by atoms with Crippen molar-refractivity contribution in [3.05, 3.63) is 83.7 Å². The molecule has 0 saturated carbocycles. The Balaban J connectivity index is 1.40. The maximum Gasteiger partial charge on any atom is 0.255 e. The number of amides is 1. The number of hydrogen-bond donors (Lipinski definition) is 2. The summed E-state index contributed by atoms with van der Waals surface area (Å²) < 4.78 is 0. The average molecular weight is 374 g/mol. The Bertz CT molecular complexity index is 1090. The fourth-order valence-electron chi connectivity index (χ4n) is 2.75. The van der Waals surface area contributed by atoms with Crippen LogP contribution in [0, 0.1) is 6.92 Å². The van der Waals surface area contributed by atoms with Crippen molar-refractivity contribution in [3.8, 4) is 0 Å². The maximum absolute atomic E-state index is 12.5. The van der Waals surface area contributed by atoms with E-state index >= 15 is 0 Å². The van der Waals surface area contributed by atoms with Crippen molar-refractivity contribution in [1.29, 1.82) is 0 Å². The third kappa shape index (κ3) is 4.17. The Hall–Kier alpha value is -3.12. The lowest BCUT2D eigenvalue weighted by atomic mass is 10.1. The summed E-state index contributed by atoms with van der Waals surface area (Å²) in [6.45, 7) is 1.88. The second-order valence-corrected chi connectivity index (χ2v) is 7.15. The first-order valence-corrected chi connectivity index (χ1v) is 9.57. The van der Waals surface area contributed by atoms with Crippen molar-refractivity contribution in [2.24, 2.45) is 0 Å². The summed E-state index contributed by atoms with van der Waals surface area (Å²) in [4.78, 5) is 16.8. The summed E-state index contributed by atoms with van der Waals surface area (Å²) in [6, 6.07) is 21.6. The first-order valence-electron chi connectivity index (χ1n) is 8.58. The van der Waals surface area contributed by atoms with Gasteiger partial charge in [0, 0.05) is 17.0 Å². The number of carbonyl (C=O) groups excluding carboxylic acids is 1. The van der Waals surface area contributed by atoms with Crippen LogP contribution in [0.15, 0.2) is 71.9 Å². The van der Waals surface area contributed by atoms with E-state index in [1.807, 2.05) is 73.7 Å². The number of thioether (sulfide) groups is 1. The zero-order valence-corrected chi connectivity index (χ0v) is 15.6. The van der Waals surface area contributed by atoms with Crippen LogP contribution >= 0.6 is 11.8 Å². The Kier molecular flexibility index (Phi) is 4.89. The molecule has 6 heteroatoms. The first-order chi connectivity index (χ1) is 13.2. The summed E-state index contributed by atoms with van der Waals surface area (Å²) in [5.41, 5.74) is 2.56. The number of aromatic amines is 1. The second kappa shape index (κ2) is 7.63. The lowest BCUT2D eigenvalue weighted by Gasteiger charge is -2.07. The number of fused-ring (bicyclic) bond motifs is 1. The van der Waals surface area contributed by atoms with Crippen molar-refractivity contribution in [2.45, 2.75) is 17.8 Å². The van der Waals surface area contributed by atoms with Crippen LogP contribution < -0.4 is 5.32 Å². The van der Waals surface area contributed by atoms with Gasteiger partial charge in [-0.3, -0.25) is 9.89 Å². The van der Waals surface area contributed by atoms with Gasteiger partial charge in [-0.2, -0.15) is 0 Å². The third-order valence-electron chi connectivity index (χ3n) is 4.17. The molecule has 0 aliphatic carbocycles. The van der Waals surface area contributed by atoms with E-state index in [0.29, 0.717) is 5.56 Å². The molecule has 0 saturated heterocycles. The van der Waals surface area contributed by atoms with Gasteiger partial charge in [0.1, 0.15) is 5.82 Å². The molecular formula is C21H18N4OS. The van der Waals surface area contributed by atoms with Crippen LogP contribution in [0.5, 0.6) is 0 Å². The molecule has 0 bridgehead atoms. The topological polar surface area (TPSA) is 70.7 Å². The zero-order valence-electron chi connectivity index (χ0n) is 14.8. The molecule has 0 radical (unpaired) electrons. The molecule has 27 heavy (non-hydrogen) atoms. The SMILES string of the molecule is Cc1nc(SCc2ccc(NC(=O)c3ccc4ccccc4c3)cc2)n[nH]1. The number of nitrogens with zero attached hydrogens (tertiary/aromatic N) is 2. The predicted octanol–water partition coefficient (Wildman–Crippen LogP) is 4.81. The highest BCUT2D eigenvalue weighted by Crippen LogP contribution is 2.21. The van der Waals surface area contributed by atoms with Crippen LogP contribution in [0.1, 0.15) is 21.7 Å². The van der Waals surface area contributed by atoms with Crippen molar-refractivity contribution in [3.63, 3.8) is 0 Å². The van der Waals surface area contributed by atoms with Gasteiger partial charge in [-0.25, -0.2) is 4.98 Å². The molecule has 0 spiro atoms. The van der Waals surface area contributed by atoms with Crippen molar-refractivity contribution >= 4 is 34.1 Å². The molecule has 5 nitrogen and oxygen atoms in total. The van der Waals surface area contributed by atoms with Crippen molar-refractivity contribution < 1.29 is 4.79 Å². The summed E-state index contributed by atoms with van der Waals surface area (Å²) in [5, 5.41) is 12.8. The molecule has 0 atom stereocenters. The number of aryl methyl sites for hydroxylation is 1. The summed E-state index contributed by atoms with van der Waals surface area (Å²) >= 11 is 1.57. The Morgan fingerprint density at radius 2 is 1.81 bits per heavy atom. The highest BCUT2D eigenvalue weighted by atomic mass is 32.2. The van der Waals surface area contributed by atoms with E-state index in [1.54, 1.807) is 11.8 Å². The summed E-state index contributed by atoms with van der Waals surface area (Å²) in [5.74, 6) is 1.47. The highest BCUT2D eigenvalue weighted by Gasteiger charge is 2.07. The van der Waals surface area contributed by atoms with Crippen LogP contribution in [0.2, 0.25) is 0 Å². The van der Waals surface area contributed by atoms with E-state index in [0.717, 1.165) is 38.8 Å². The highest BCUT2D eigenvalue weighted by molar-refractivity contribution is 7.98. The molecule has 3 aromatic carbocycles. The van der Waals surface area contributed by atoms with Crippen LogP contribution in [0.3, 0.4) is 0 Å².